The van der Waals surface area contributed by atoms with Gasteiger partial charge in [0.05, 0.1) is 32.5 Å². The Morgan fingerprint density at radius 2 is 1.16 bits per heavy atom. The first kappa shape index (κ1) is 55.5. The zero-order chi connectivity index (χ0) is 51.6. The van der Waals surface area contributed by atoms with Crippen molar-refractivity contribution in [3.63, 3.8) is 0 Å². The third-order valence-electron chi connectivity index (χ3n) is 11.0. The summed E-state index contributed by atoms with van der Waals surface area (Å²) in [6.45, 7) is 13.6. The van der Waals surface area contributed by atoms with Crippen LogP contribution < -0.4 is 27.1 Å². The number of amides is 4. The highest BCUT2D eigenvalue weighted by Crippen LogP contribution is 2.24. The van der Waals surface area contributed by atoms with E-state index in [1.54, 1.807) is 73.7 Å². The maximum absolute atomic E-state index is 14.5. The van der Waals surface area contributed by atoms with E-state index in [9.17, 15) is 28.8 Å². The van der Waals surface area contributed by atoms with Crippen LogP contribution in [-0.2, 0) is 57.5 Å². The van der Waals surface area contributed by atoms with Crippen LogP contribution in [0.3, 0.4) is 0 Å². The van der Waals surface area contributed by atoms with Crippen molar-refractivity contribution in [1.29, 1.82) is 0 Å². The molecule has 6 atom stereocenters. The Morgan fingerprint density at radius 1 is 0.629 bits per heavy atom. The molecular formula is C52H69N7O11. The molecule has 0 radical (unpaired) electrons. The number of ether oxygens (including phenoxy) is 5. The van der Waals surface area contributed by atoms with Crippen molar-refractivity contribution in [2.45, 2.75) is 111 Å². The van der Waals surface area contributed by atoms with Gasteiger partial charge in [-0.25, -0.2) is 19.4 Å². The highest BCUT2D eigenvalue weighted by Gasteiger charge is 2.39. The average Bonchev–Trinajstić information content (AvgIpc) is 3.31. The average molecular weight is 968 g/mol. The number of aromatic nitrogens is 1. The zero-order valence-corrected chi connectivity index (χ0v) is 41.7. The SMILES string of the molecule is COC(=O)N[C@H](C(=O)N[C@@H](Cc1ccccc1)[C@H](CN(Cc1ccc(-c2ccccn2)cc1)NC(=O)[C@@H](NC(=O)OC)C(C)(C)C)OC(=O)OC(OC(=O)[C@@H](N)Cc1ccccc1)C(C)C)C(C)(C)C. The number of nitrogens with zero attached hydrogens (tertiary/aromatic N) is 2. The van der Waals surface area contributed by atoms with Crippen LogP contribution in [-0.4, -0.2) is 103 Å². The molecule has 0 aliphatic heterocycles. The standard InChI is InChI=1S/C52H69N7O11/c1-33(2)47(69-46(62)38(53)29-34-19-13-11-14-20-34)70-50(65)68-41(40(30-35-21-15-12-16-22-35)55-44(60)42(51(3,4)5)56-48(63)66-9)32-59(58-45(61)43(52(6,7)8)57-49(64)67-10)31-36-24-26-37(27-25-36)39-23-17-18-28-54-39/h11-28,33,38,40-43,47H,29-32,53H2,1-10H3,(H,55,60)(H,56,63)(H,57,64)(H,58,61)/t38-,40-,41-,42+,43+,47?/m0/s1. The van der Waals surface area contributed by atoms with Crippen molar-refractivity contribution >= 4 is 36.1 Å². The van der Waals surface area contributed by atoms with E-state index in [4.69, 9.17) is 29.4 Å². The van der Waals surface area contributed by atoms with Gasteiger partial charge in [-0.15, -0.1) is 0 Å². The van der Waals surface area contributed by atoms with E-state index in [1.807, 2.05) is 91.0 Å². The number of rotatable bonds is 21. The number of hydrogen-bond acceptors (Lipinski definition) is 14. The van der Waals surface area contributed by atoms with Crippen LogP contribution >= 0.6 is 0 Å². The van der Waals surface area contributed by atoms with Crippen LogP contribution in [0.5, 0.6) is 0 Å². The Balaban J connectivity index is 1.81. The number of hydrogen-bond donors (Lipinski definition) is 5. The summed E-state index contributed by atoms with van der Waals surface area (Å²) in [7, 11) is 2.37. The molecule has 0 saturated heterocycles. The summed E-state index contributed by atoms with van der Waals surface area (Å²) in [5, 5.41) is 9.75. The number of hydrazine groups is 1. The Hall–Kier alpha value is -7.05. The predicted octanol–water partition coefficient (Wildman–Crippen LogP) is 6.47. The number of nitrogens with one attached hydrogen (secondary N) is 4. The first-order valence-electron chi connectivity index (χ1n) is 23.0. The minimum Gasteiger partial charge on any atom is -0.453 e. The minimum absolute atomic E-state index is 0.00425. The van der Waals surface area contributed by atoms with Gasteiger partial charge in [0, 0.05) is 24.2 Å². The smallest absolute Gasteiger partial charge is 0.453 e. The van der Waals surface area contributed by atoms with Gasteiger partial charge in [0.2, 0.25) is 5.91 Å². The highest BCUT2D eigenvalue weighted by molar-refractivity contribution is 5.87. The molecule has 6 N–H and O–H groups in total. The summed E-state index contributed by atoms with van der Waals surface area (Å²) in [5.74, 6) is -2.67. The lowest BCUT2D eigenvalue weighted by Crippen LogP contribution is -2.61. The van der Waals surface area contributed by atoms with Crippen molar-refractivity contribution in [2.75, 3.05) is 20.8 Å². The first-order chi connectivity index (χ1) is 33.1. The molecule has 0 aliphatic carbocycles. The van der Waals surface area contributed by atoms with Crippen LogP contribution in [0.4, 0.5) is 14.4 Å². The van der Waals surface area contributed by atoms with Crippen LogP contribution in [0, 0.1) is 16.7 Å². The van der Waals surface area contributed by atoms with Crippen LogP contribution in [0.1, 0.15) is 72.1 Å². The minimum atomic E-state index is -1.45. The molecule has 18 nitrogen and oxygen atoms in total. The number of benzene rings is 3. The molecule has 4 amide bonds. The maximum Gasteiger partial charge on any atom is 0.511 e. The summed E-state index contributed by atoms with van der Waals surface area (Å²) in [6, 6.07) is 26.7. The summed E-state index contributed by atoms with van der Waals surface area (Å²) < 4.78 is 27.3. The van der Waals surface area contributed by atoms with E-state index in [-0.39, 0.29) is 25.9 Å². The maximum atomic E-state index is 14.5. The van der Waals surface area contributed by atoms with Gasteiger partial charge in [-0.1, -0.05) is 146 Å². The van der Waals surface area contributed by atoms with Gasteiger partial charge in [0.15, 0.2) is 0 Å². The summed E-state index contributed by atoms with van der Waals surface area (Å²) in [4.78, 5) is 86.1. The fraction of sp³-hybridized carbons (Fsp3) is 0.442. The number of carbonyl (C=O) groups is 6. The fourth-order valence-electron chi connectivity index (χ4n) is 7.18. The van der Waals surface area contributed by atoms with Crippen molar-refractivity contribution in [1.82, 2.24) is 31.4 Å². The van der Waals surface area contributed by atoms with Crippen molar-refractivity contribution in [2.24, 2.45) is 22.5 Å². The molecule has 1 heterocycles. The van der Waals surface area contributed by atoms with Crippen LogP contribution in [0.25, 0.3) is 11.3 Å². The number of nitrogens with two attached hydrogens (primary N) is 1. The number of methoxy groups -OCH3 is 2. The normalized spacial score (nSPS) is 14.1. The lowest BCUT2D eigenvalue weighted by Gasteiger charge is -2.37. The predicted molar refractivity (Wildman–Crippen MR) is 262 cm³/mol. The summed E-state index contributed by atoms with van der Waals surface area (Å²) in [5.41, 5.74) is 11.3. The molecule has 1 unspecified atom stereocenters. The second-order valence-corrected chi connectivity index (χ2v) is 19.3. The van der Waals surface area contributed by atoms with E-state index < -0.39 is 89.4 Å². The summed E-state index contributed by atoms with van der Waals surface area (Å²) >= 11 is 0. The highest BCUT2D eigenvalue weighted by atomic mass is 16.8. The van der Waals surface area contributed by atoms with E-state index in [0.29, 0.717) is 5.56 Å². The van der Waals surface area contributed by atoms with E-state index in [2.05, 4.69) is 26.4 Å². The third-order valence-corrected chi connectivity index (χ3v) is 11.0. The molecule has 18 heteroatoms. The van der Waals surface area contributed by atoms with Gasteiger partial charge in [-0.05, 0) is 52.5 Å². The molecule has 4 rings (SSSR count). The van der Waals surface area contributed by atoms with Gasteiger partial charge in [-0.3, -0.25) is 24.8 Å². The molecule has 1 aromatic heterocycles. The molecule has 378 valence electrons. The fourth-order valence-corrected chi connectivity index (χ4v) is 7.18. The van der Waals surface area contributed by atoms with Crippen molar-refractivity contribution < 1.29 is 52.5 Å². The molecular weight excluding hydrogens is 899 g/mol. The number of carbonyl (C=O) groups excluding carboxylic acids is 6. The number of esters is 1. The molecule has 0 fully saturated rings. The molecule has 0 bridgehead atoms. The second kappa shape index (κ2) is 26.1. The lowest BCUT2D eigenvalue weighted by atomic mass is 9.85. The number of alkyl carbamates (subject to hydrolysis) is 2. The molecule has 0 aliphatic rings. The molecule has 3 aromatic carbocycles. The Bertz CT molecular complexity index is 2310. The summed E-state index contributed by atoms with van der Waals surface area (Å²) in [6.07, 6.45) is -3.86. The quantitative estimate of drug-likeness (QED) is 0.0261. The third kappa shape index (κ3) is 17.8. The van der Waals surface area contributed by atoms with Crippen LogP contribution in [0.2, 0.25) is 0 Å². The molecule has 0 spiro atoms. The Labute approximate surface area is 410 Å². The van der Waals surface area contributed by atoms with Gasteiger partial charge in [-0.2, -0.15) is 0 Å². The monoisotopic (exact) mass is 968 g/mol. The zero-order valence-electron chi connectivity index (χ0n) is 41.7. The second-order valence-electron chi connectivity index (χ2n) is 19.3. The van der Waals surface area contributed by atoms with E-state index >= 15 is 0 Å². The van der Waals surface area contributed by atoms with Crippen molar-refractivity contribution in [3.8, 4) is 11.3 Å². The molecule has 4 aromatic rings. The molecule has 0 saturated carbocycles. The van der Waals surface area contributed by atoms with Gasteiger partial charge in [0.1, 0.15) is 24.2 Å². The van der Waals surface area contributed by atoms with E-state index in [1.165, 1.54) is 19.2 Å². The largest absolute Gasteiger partial charge is 0.511 e. The van der Waals surface area contributed by atoms with Gasteiger partial charge < -0.3 is 45.4 Å². The topological polar surface area (TPSA) is 239 Å². The number of pyridine rings is 1. The Kier molecular flexibility index (Phi) is 20.7. The first-order valence-corrected chi connectivity index (χ1v) is 23.0. The van der Waals surface area contributed by atoms with E-state index in [0.717, 1.165) is 22.4 Å². The van der Waals surface area contributed by atoms with Gasteiger partial charge >= 0.3 is 24.3 Å². The lowest BCUT2D eigenvalue weighted by molar-refractivity contribution is -0.182. The van der Waals surface area contributed by atoms with Crippen LogP contribution in [0.15, 0.2) is 109 Å². The molecule has 70 heavy (non-hydrogen) atoms. The van der Waals surface area contributed by atoms with Crippen molar-refractivity contribution in [3.05, 3.63) is 126 Å². The van der Waals surface area contributed by atoms with Gasteiger partial charge in [0.25, 0.3) is 12.2 Å². The Morgan fingerprint density at radius 3 is 1.66 bits per heavy atom.